The number of ether oxygens (including phenoxy) is 1. The Labute approximate surface area is 172 Å². The van der Waals surface area contributed by atoms with Gasteiger partial charge in [-0.3, -0.25) is 14.5 Å². The number of carbonyl (C=O) groups is 1. The fourth-order valence-corrected chi connectivity index (χ4v) is 5.42. The molecule has 9 heteroatoms. The molecule has 1 saturated heterocycles. The van der Waals surface area contributed by atoms with Gasteiger partial charge in [0.05, 0.1) is 34.3 Å². The number of hydrogen-bond donors (Lipinski definition) is 1. The molecule has 1 fully saturated rings. The molecule has 1 amide bonds. The lowest BCUT2D eigenvalue weighted by Gasteiger charge is -2.31. The maximum Gasteiger partial charge on any atom is 0.262 e. The number of benzene rings is 2. The lowest BCUT2D eigenvalue weighted by Crippen LogP contribution is -2.37. The average molecular weight is 430 g/mol. The predicted octanol–water partition coefficient (Wildman–Crippen LogP) is 3.20. The number of sulfonamides is 1. The van der Waals surface area contributed by atoms with Crippen molar-refractivity contribution in [3.8, 4) is 11.1 Å². The van der Waals surface area contributed by atoms with Gasteiger partial charge in [-0.25, -0.2) is 8.42 Å². The number of pyridine rings is 1. The van der Waals surface area contributed by atoms with Crippen LogP contribution in [0.1, 0.15) is 11.7 Å². The van der Waals surface area contributed by atoms with Gasteiger partial charge in [0.1, 0.15) is 6.10 Å². The van der Waals surface area contributed by atoms with Crippen molar-refractivity contribution in [2.45, 2.75) is 11.0 Å². The Morgan fingerprint density at radius 2 is 2.10 bits per heavy atom. The van der Waals surface area contributed by atoms with E-state index >= 15 is 0 Å². The Bertz CT molecular complexity index is 1260. The van der Waals surface area contributed by atoms with E-state index in [0.29, 0.717) is 52.4 Å². The van der Waals surface area contributed by atoms with Crippen molar-refractivity contribution in [3.05, 3.63) is 53.2 Å². The van der Waals surface area contributed by atoms with Crippen molar-refractivity contribution in [3.63, 3.8) is 0 Å². The summed E-state index contributed by atoms with van der Waals surface area (Å²) in [7, 11) is -3.76. The molecule has 0 bridgehead atoms. The number of fused-ring (bicyclic) bond motifs is 5. The second-order valence-electron chi connectivity index (χ2n) is 7.00. The van der Waals surface area contributed by atoms with Crippen molar-refractivity contribution in [2.24, 2.45) is 0 Å². The predicted molar refractivity (Wildman–Crippen MR) is 109 cm³/mol. The SMILES string of the molecule is O=CN1CCOC(c2ccc3c(c2)-c2cc(Cl)c4cccnc4c2NS3(=O)=O)C1. The number of carbonyl (C=O) groups excluding carboxylic acids is 1. The van der Waals surface area contributed by atoms with Crippen LogP contribution in [0.25, 0.3) is 22.0 Å². The minimum Gasteiger partial charge on any atom is -0.370 e. The standard InChI is InChI=1S/C20H16ClN3O4S/c21-16-9-15-14-8-12(17-10-24(11-25)6-7-28-17)3-4-18(14)29(26,27)23-20(15)19-13(16)2-1-5-22-19/h1-5,8-9,11,17,23H,6-7,10H2. The van der Waals surface area contributed by atoms with Gasteiger partial charge in [-0.1, -0.05) is 17.7 Å². The van der Waals surface area contributed by atoms with Gasteiger partial charge in [0, 0.05) is 29.3 Å². The molecular formula is C20H16ClN3O4S. The van der Waals surface area contributed by atoms with E-state index in [1.54, 1.807) is 47.5 Å². The van der Waals surface area contributed by atoms with Crippen molar-refractivity contribution in [1.82, 2.24) is 9.88 Å². The van der Waals surface area contributed by atoms with Crippen LogP contribution >= 0.6 is 11.6 Å². The van der Waals surface area contributed by atoms with Crippen LogP contribution < -0.4 is 4.72 Å². The van der Waals surface area contributed by atoms with Crippen LogP contribution in [0.5, 0.6) is 0 Å². The summed E-state index contributed by atoms with van der Waals surface area (Å²) in [5.41, 5.74) is 2.91. The number of nitrogens with zero attached hydrogens (tertiary/aromatic N) is 2. The van der Waals surface area contributed by atoms with E-state index in [9.17, 15) is 13.2 Å². The number of anilines is 1. The zero-order chi connectivity index (χ0) is 20.2. The summed E-state index contributed by atoms with van der Waals surface area (Å²) < 4.78 is 34.2. The van der Waals surface area contributed by atoms with Crippen molar-refractivity contribution < 1.29 is 17.9 Å². The maximum atomic E-state index is 12.9. The highest BCUT2D eigenvalue weighted by Gasteiger charge is 2.31. The molecule has 1 N–H and O–H groups in total. The van der Waals surface area contributed by atoms with Crippen LogP contribution in [0.4, 0.5) is 5.69 Å². The van der Waals surface area contributed by atoms with Crippen LogP contribution in [0, 0.1) is 0 Å². The lowest BCUT2D eigenvalue weighted by molar-refractivity contribution is -0.125. The highest BCUT2D eigenvalue weighted by molar-refractivity contribution is 7.93. The summed E-state index contributed by atoms with van der Waals surface area (Å²) in [6.07, 6.45) is 2.08. The van der Waals surface area contributed by atoms with Crippen LogP contribution in [-0.2, 0) is 19.6 Å². The Morgan fingerprint density at radius 1 is 1.24 bits per heavy atom. The smallest absolute Gasteiger partial charge is 0.262 e. The summed E-state index contributed by atoms with van der Waals surface area (Å²) in [6, 6.07) is 10.4. The highest BCUT2D eigenvalue weighted by atomic mass is 35.5. The van der Waals surface area contributed by atoms with E-state index in [-0.39, 0.29) is 11.0 Å². The molecule has 29 heavy (non-hydrogen) atoms. The number of amides is 1. The quantitative estimate of drug-likeness (QED) is 0.632. The third-order valence-corrected chi connectivity index (χ3v) is 7.00. The highest BCUT2D eigenvalue weighted by Crippen LogP contribution is 2.45. The number of hydrogen-bond acceptors (Lipinski definition) is 5. The zero-order valence-electron chi connectivity index (χ0n) is 15.1. The summed E-state index contributed by atoms with van der Waals surface area (Å²) in [5.74, 6) is 0. The minimum absolute atomic E-state index is 0.170. The zero-order valence-corrected chi connectivity index (χ0v) is 16.7. The van der Waals surface area contributed by atoms with Gasteiger partial charge in [0.15, 0.2) is 0 Å². The van der Waals surface area contributed by atoms with Gasteiger partial charge in [-0.05, 0) is 35.9 Å². The van der Waals surface area contributed by atoms with Gasteiger partial charge in [0.2, 0.25) is 6.41 Å². The van der Waals surface area contributed by atoms with Crippen molar-refractivity contribution in [1.29, 1.82) is 0 Å². The maximum absolute atomic E-state index is 12.9. The third kappa shape index (κ3) is 2.95. The first kappa shape index (κ1) is 18.4. The summed E-state index contributed by atoms with van der Waals surface area (Å²) in [5, 5.41) is 1.16. The Morgan fingerprint density at radius 3 is 2.93 bits per heavy atom. The van der Waals surface area contributed by atoms with E-state index in [2.05, 4.69) is 9.71 Å². The summed E-state index contributed by atoms with van der Waals surface area (Å²) >= 11 is 6.47. The normalized spacial score (nSPS) is 19.9. The average Bonchev–Trinajstić information content (AvgIpc) is 2.74. The minimum atomic E-state index is -3.76. The molecular weight excluding hydrogens is 414 g/mol. The molecule has 0 aliphatic carbocycles. The summed E-state index contributed by atoms with van der Waals surface area (Å²) in [6.45, 7) is 1.39. The number of nitrogens with one attached hydrogen (secondary N) is 1. The van der Waals surface area contributed by atoms with Gasteiger partial charge >= 0.3 is 0 Å². The van der Waals surface area contributed by atoms with Crippen LogP contribution in [-0.4, -0.2) is 44.4 Å². The van der Waals surface area contributed by atoms with Gasteiger partial charge in [-0.2, -0.15) is 0 Å². The molecule has 2 aliphatic rings. The van der Waals surface area contributed by atoms with Crippen LogP contribution in [0.15, 0.2) is 47.5 Å². The first-order chi connectivity index (χ1) is 14.0. The molecule has 5 rings (SSSR count). The van der Waals surface area contributed by atoms with E-state index in [1.165, 1.54) is 0 Å². The Hall–Kier alpha value is -2.68. The molecule has 2 aliphatic heterocycles. The molecule has 1 atom stereocenters. The Kier molecular flexibility index (Phi) is 4.23. The third-order valence-electron chi connectivity index (χ3n) is 5.28. The van der Waals surface area contributed by atoms with Crippen molar-refractivity contribution >= 4 is 44.6 Å². The monoisotopic (exact) mass is 429 g/mol. The second kappa shape index (κ2) is 6.69. The van der Waals surface area contributed by atoms with Crippen LogP contribution in [0.2, 0.25) is 5.02 Å². The number of morpholine rings is 1. The van der Waals surface area contributed by atoms with E-state index < -0.39 is 10.0 Å². The molecule has 3 heterocycles. The van der Waals surface area contributed by atoms with E-state index in [1.807, 2.05) is 0 Å². The first-order valence-electron chi connectivity index (χ1n) is 9.03. The van der Waals surface area contributed by atoms with Crippen molar-refractivity contribution in [2.75, 3.05) is 24.4 Å². The molecule has 0 saturated carbocycles. The topological polar surface area (TPSA) is 88.6 Å². The van der Waals surface area contributed by atoms with Gasteiger partial charge in [-0.15, -0.1) is 0 Å². The fourth-order valence-electron chi connectivity index (χ4n) is 3.87. The van der Waals surface area contributed by atoms with Gasteiger partial charge in [0.25, 0.3) is 10.0 Å². The number of rotatable bonds is 2. The van der Waals surface area contributed by atoms with Gasteiger partial charge < -0.3 is 9.64 Å². The van der Waals surface area contributed by atoms with E-state index in [4.69, 9.17) is 16.3 Å². The second-order valence-corrected chi connectivity index (χ2v) is 9.06. The first-order valence-corrected chi connectivity index (χ1v) is 10.9. The number of halogens is 1. The molecule has 2 aromatic carbocycles. The van der Waals surface area contributed by atoms with Crippen LogP contribution in [0.3, 0.4) is 0 Å². The number of aromatic nitrogens is 1. The molecule has 148 valence electrons. The molecule has 1 aromatic heterocycles. The molecule has 0 spiro atoms. The fraction of sp³-hybridized carbons (Fsp3) is 0.200. The van der Waals surface area contributed by atoms with E-state index in [0.717, 1.165) is 12.0 Å². The molecule has 7 nitrogen and oxygen atoms in total. The Balaban J connectivity index is 1.72. The largest absolute Gasteiger partial charge is 0.370 e. The lowest BCUT2D eigenvalue weighted by atomic mass is 9.97. The molecule has 0 radical (unpaired) electrons. The summed E-state index contributed by atoms with van der Waals surface area (Å²) in [4.78, 5) is 17.3. The molecule has 3 aromatic rings. The molecule has 1 unspecified atom stereocenters.